The van der Waals surface area contributed by atoms with Gasteiger partial charge >= 0.3 is 0 Å². The molecule has 0 unspecified atom stereocenters. The summed E-state index contributed by atoms with van der Waals surface area (Å²) >= 11 is 0. The molecule has 4 heteroatoms. The minimum Gasteiger partial charge on any atom is -0.331 e. The van der Waals surface area contributed by atoms with E-state index in [0.29, 0.717) is 17.7 Å². The molecule has 0 spiro atoms. The van der Waals surface area contributed by atoms with Gasteiger partial charge in [-0.25, -0.2) is 0 Å². The zero-order chi connectivity index (χ0) is 20.5. The van der Waals surface area contributed by atoms with Crippen LogP contribution < -0.4 is 5.56 Å². The number of carbonyl (C=O) groups is 1. The Morgan fingerprint density at radius 1 is 1.03 bits per heavy atom. The second-order valence-electron chi connectivity index (χ2n) is 8.33. The predicted octanol–water partition coefficient (Wildman–Crippen LogP) is 5.04. The highest BCUT2D eigenvalue weighted by Gasteiger charge is 2.28. The fourth-order valence-electron chi connectivity index (χ4n) is 4.32. The van der Waals surface area contributed by atoms with Crippen LogP contribution >= 0.6 is 0 Å². The Labute approximate surface area is 171 Å². The lowest BCUT2D eigenvalue weighted by Crippen LogP contribution is -2.39. The highest BCUT2D eigenvalue weighted by Crippen LogP contribution is 2.27. The summed E-state index contributed by atoms with van der Waals surface area (Å²) in [4.78, 5) is 31.2. The van der Waals surface area contributed by atoms with Crippen molar-refractivity contribution in [2.45, 2.75) is 59.0 Å². The number of hydrogen-bond acceptors (Lipinski definition) is 2. The third kappa shape index (κ3) is 3.84. The highest BCUT2D eigenvalue weighted by molar-refractivity contribution is 5.94. The summed E-state index contributed by atoms with van der Waals surface area (Å²) in [5.41, 5.74) is 5.49. The van der Waals surface area contributed by atoms with Crippen LogP contribution in [0.15, 0.2) is 47.3 Å². The average molecular weight is 389 g/mol. The molecule has 29 heavy (non-hydrogen) atoms. The summed E-state index contributed by atoms with van der Waals surface area (Å²) in [5, 5.41) is 1.01. The predicted molar refractivity (Wildman–Crippen MR) is 117 cm³/mol. The average Bonchev–Trinajstić information content (AvgIpc) is 3.24. The van der Waals surface area contributed by atoms with E-state index in [1.165, 1.54) is 0 Å². The van der Waals surface area contributed by atoms with E-state index < -0.39 is 0 Å². The molecule has 0 atom stereocenters. The van der Waals surface area contributed by atoms with Crippen molar-refractivity contribution < 1.29 is 4.79 Å². The quantitative estimate of drug-likeness (QED) is 0.681. The van der Waals surface area contributed by atoms with E-state index in [1.807, 2.05) is 62.1 Å². The van der Waals surface area contributed by atoms with Crippen molar-refractivity contribution in [1.82, 2.24) is 9.88 Å². The molecule has 1 aliphatic carbocycles. The molecule has 1 saturated carbocycles. The summed E-state index contributed by atoms with van der Waals surface area (Å²) in [7, 11) is 0. The van der Waals surface area contributed by atoms with Gasteiger partial charge < -0.3 is 9.88 Å². The number of fused-ring (bicyclic) bond motifs is 1. The molecule has 150 valence electrons. The SMILES string of the molecule is Cc1ccc(C(=O)N(Cc2cc3ccc(C)c(C)c3[nH]c2=O)C2CCCC2)cc1. The van der Waals surface area contributed by atoms with E-state index in [-0.39, 0.29) is 17.5 Å². The minimum atomic E-state index is -0.106. The topological polar surface area (TPSA) is 53.2 Å². The normalized spacial score (nSPS) is 14.4. The molecular formula is C25H28N2O2. The highest BCUT2D eigenvalue weighted by atomic mass is 16.2. The fraction of sp³-hybridized carbons (Fsp3) is 0.360. The third-order valence-electron chi connectivity index (χ3n) is 6.29. The molecule has 1 fully saturated rings. The molecule has 4 nitrogen and oxygen atoms in total. The van der Waals surface area contributed by atoms with E-state index in [9.17, 15) is 9.59 Å². The molecule has 1 aliphatic rings. The van der Waals surface area contributed by atoms with E-state index in [4.69, 9.17) is 0 Å². The van der Waals surface area contributed by atoms with E-state index in [1.54, 1.807) is 0 Å². The number of hydrogen-bond donors (Lipinski definition) is 1. The lowest BCUT2D eigenvalue weighted by atomic mass is 10.0. The van der Waals surface area contributed by atoms with E-state index in [0.717, 1.165) is 53.3 Å². The maximum absolute atomic E-state index is 13.3. The summed E-state index contributed by atoms with van der Waals surface area (Å²) in [6, 6.07) is 14.0. The van der Waals surface area contributed by atoms with Crippen molar-refractivity contribution in [2.24, 2.45) is 0 Å². The van der Waals surface area contributed by atoms with Gasteiger partial charge in [-0.1, -0.05) is 42.7 Å². The van der Waals surface area contributed by atoms with Crippen LogP contribution in [0, 0.1) is 20.8 Å². The number of amides is 1. The molecule has 0 saturated heterocycles. The Balaban J connectivity index is 1.71. The van der Waals surface area contributed by atoms with Crippen LogP contribution in [-0.4, -0.2) is 21.8 Å². The summed E-state index contributed by atoms with van der Waals surface area (Å²) in [6.07, 6.45) is 4.27. The molecule has 1 N–H and O–H groups in total. The summed E-state index contributed by atoms with van der Waals surface area (Å²) in [6.45, 7) is 6.43. The summed E-state index contributed by atoms with van der Waals surface area (Å²) < 4.78 is 0. The first kappa shape index (κ1) is 19.4. The number of carbonyl (C=O) groups excluding carboxylic acids is 1. The molecule has 0 radical (unpaired) electrons. The van der Waals surface area contributed by atoms with E-state index >= 15 is 0 Å². The standard InChI is InChI=1S/C25H28N2O2/c1-16-8-11-19(12-9-16)25(29)27(22-6-4-5-7-22)15-21-14-20-13-10-17(2)18(3)23(20)26-24(21)28/h8-14,22H,4-7,15H2,1-3H3,(H,26,28). The van der Waals surface area contributed by atoms with E-state index in [2.05, 4.69) is 11.1 Å². The largest absolute Gasteiger partial charge is 0.331 e. The molecular weight excluding hydrogens is 360 g/mol. The Morgan fingerprint density at radius 2 is 1.72 bits per heavy atom. The van der Waals surface area contributed by atoms with Gasteiger partial charge in [0.1, 0.15) is 0 Å². The maximum Gasteiger partial charge on any atom is 0.254 e. The number of pyridine rings is 1. The molecule has 0 aliphatic heterocycles. The summed E-state index contributed by atoms with van der Waals surface area (Å²) in [5.74, 6) is 0.0106. The Kier molecular flexibility index (Phi) is 5.27. The lowest BCUT2D eigenvalue weighted by Gasteiger charge is -2.29. The van der Waals surface area contributed by atoms with Crippen molar-refractivity contribution >= 4 is 16.8 Å². The van der Waals surface area contributed by atoms with Crippen LogP contribution in [0.2, 0.25) is 0 Å². The molecule has 0 bridgehead atoms. The number of aromatic amines is 1. The van der Waals surface area contributed by atoms with Crippen LogP contribution in [-0.2, 0) is 6.54 Å². The first-order chi connectivity index (χ1) is 13.9. The van der Waals surface area contributed by atoms with Crippen LogP contribution in [0.5, 0.6) is 0 Å². The number of benzene rings is 2. The van der Waals surface area contributed by atoms with Gasteiger partial charge in [-0.3, -0.25) is 9.59 Å². The molecule has 3 aromatic rings. The molecule has 1 aromatic heterocycles. The molecule has 4 rings (SSSR count). The van der Waals surface area contributed by atoms with Crippen molar-refractivity contribution in [3.63, 3.8) is 0 Å². The van der Waals surface area contributed by atoms with Crippen LogP contribution in [0.25, 0.3) is 10.9 Å². The monoisotopic (exact) mass is 388 g/mol. The van der Waals surface area contributed by atoms with Gasteiger partial charge in [-0.2, -0.15) is 0 Å². The smallest absolute Gasteiger partial charge is 0.254 e. The van der Waals surface area contributed by atoms with Crippen molar-refractivity contribution in [1.29, 1.82) is 0 Å². The number of rotatable bonds is 4. The second kappa shape index (κ2) is 7.86. The van der Waals surface area contributed by atoms with Gasteiger partial charge in [0.25, 0.3) is 11.5 Å². The Hall–Kier alpha value is -2.88. The van der Waals surface area contributed by atoms with Gasteiger partial charge in [-0.15, -0.1) is 0 Å². The molecule has 1 amide bonds. The third-order valence-corrected chi connectivity index (χ3v) is 6.29. The first-order valence-corrected chi connectivity index (χ1v) is 10.4. The van der Waals surface area contributed by atoms with Gasteiger partial charge in [0, 0.05) is 17.2 Å². The Morgan fingerprint density at radius 3 is 2.41 bits per heavy atom. The molecule has 1 heterocycles. The van der Waals surface area contributed by atoms with Crippen molar-refractivity contribution in [3.8, 4) is 0 Å². The first-order valence-electron chi connectivity index (χ1n) is 10.4. The minimum absolute atomic E-state index is 0.0106. The lowest BCUT2D eigenvalue weighted by molar-refractivity contribution is 0.0664. The number of aromatic nitrogens is 1. The van der Waals surface area contributed by atoms with Crippen LogP contribution in [0.1, 0.15) is 58.3 Å². The Bertz CT molecular complexity index is 1110. The zero-order valence-electron chi connectivity index (χ0n) is 17.4. The van der Waals surface area contributed by atoms with Crippen molar-refractivity contribution in [2.75, 3.05) is 0 Å². The van der Waals surface area contributed by atoms with Gasteiger partial charge in [0.2, 0.25) is 0 Å². The van der Waals surface area contributed by atoms with Gasteiger partial charge in [-0.05, 0) is 68.3 Å². The zero-order valence-corrected chi connectivity index (χ0v) is 17.4. The van der Waals surface area contributed by atoms with Gasteiger partial charge in [0.15, 0.2) is 0 Å². The van der Waals surface area contributed by atoms with Crippen molar-refractivity contribution in [3.05, 3.63) is 80.6 Å². The van der Waals surface area contributed by atoms with Gasteiger partial charge in [0.05, 0.1) is 12.1 Å². The second-order valence-corrected chi connectivity index (χ2v) is 8.33. The maximum atomic E-state index is 13.3. The fourth-order valence-corrected chi connectivity index (χ4v) is 4.32. The van der Waals surface area contributed by atoms with Crippen LogP contribution in [0.4, 0.5) is 0 Å². The molecule has 2 aromatic carbocycles. The number of H-pyrrole nitrogens is 1. The number of nitrogens with zero attached hydrogens (tertiary/aromatic N) is 1. The number of nitrogens with one attached hydrogen (secondary N) is 1. The number of aryl methyl sites for hydroxylation is 3. The van der Waals surface area contributed by atoms with Crippen LogP contribution in [0.3, 0.4) is 0 Å².